The van der Waals surface area contributed by atoms with Gasteiger partial charge in [-0.2, -0.15) is 4.98 Å². The Balaban J connectivity index is 0.000000226. The van der Waals surface area contributed by atoms with Crippen molar-refractivity contribution in [3.05, 3.63) is 96.2 Å². The molecule has 10 nitrogen and oxygen atoms in total. The van der Waals surface area contributed by atoms with Gasteiger partial charge in [-0.3, -0.25) is 9.59 Å². The Labute approximate surface area is 251 Å². The van der Waals surface area contributed by atoms with E-state index in [1.807, 2.05) is 0 Å². The highest BCUT2D eigenvalue weighted by Crippen LogP contribution is 2.27. The average molecular weight is 728 g/mol. The Bertz CT molecular complexity index is 1500. The summed E-state index contributed by atoms with van der Waals surface area (Å²) in [7, 11) is 0. The molecule has 0 radical (unpaired) electrons. The molecule has 0 aliphatic heterocycles. The molecule has 7 N–H and O–H groups in total. The van der Waals surface area contributed by atoms with Gasteiger partial charge >= 0.3 is 0 Å². The summed E-state index contributed by atoms with van der Waals surface area (Å²) >= 11 is 22.9. The number of anilines is 3. The lowest BCUT2D eigenvalue weighted by molar-refractivity contribution is 0.0988. The van der Waals surface area contributed by atoms with Crippen LogP contribution in [-0.4, -0.2) is 31.8 Å². The van der Waals surface area contributed by atoms with Crippen LogP contribution in [0, 0.1) is 11.6 Å². The third-order valence-electron chi connectivity index (χ3n) is 4.19. The summed E-state index contributed by atoms with van der Waals surface area (Å²) in [5, 5.41) is 3.28. The molecule has 2 aromatic carbocycles. The Morgan fingerprint density at radius 3 is 1.79 bits per heavy atom. The maximum Gasteiger partial charge on any atom is 0.253 e. The van der Waals surface area contributed by atoms with Gasteiger partial charge in [0.1, 0.15) is 22.6 Å². The van der Waals surface area contributed by atoms with Gasteiger partial charge in [-0.15, -0.1) is 0 Å². The minimum absolute atomic E-state index is 0.0164. The molecule has 0 saturated heterocycles. The van der Waals surface area contributed by atoms with Crippen molar-refractivity contribution >= 4 is 95.7 Å². The van der Waals surface area contributed by atoms with Crippen LogP contribution in [0.25, 0.3) is 0 Å². The fourth-order valence-corrected chi connectivity index (χ4v) is 3.49. The molecule has 0 fully saturated rings. The summed E-state index contributed by atoms with van der Waals surface area (Å²) in [5.74, 6) is -2.82. The van der Waals surface area contributed by atoms with Gasteiger partial charge in [-0.1, -0.05) is 23.7 Å². The number of nitrogens with one attached hydrogen (secondary N) is 1. The van der Waals surface area contributed by atoms with Gasteiger partial charge in [-0.05, 0) is 79.3 Å². The van der Waals surface area contributed by atoms with E-state index in [9.17, 15) is 18.4 Å². The lowest BCUT2D eigenvalue weighted by Crippen LogP contribution is -2.15. The second-order valence-corrected chi connectivity index (χ2v) is 9.58. The smallest absolute Gasteiger partial charge is 0.253 e. The maximum absolute atomic E-state index is 13.6. The van der Waals surface area contributed by atoms with Crippen molar-refractivity contribution in [1.82, 2.24) is 19.9 Å². The second kappa shape index (κ2) is 14.8. The van der Waals surface area contributed by atoms with Crippen LogP contribution in [0.3, 0.4) is 0 Å². The number of aromatic nitrogens is 4. The Morgan fingerprint density at radius 2 is 1.31 bits per heavy atom. The van der Waals surface area contributed by atoms with Gasteiger partial charge in [-0.25, -0.2) is 23.7 Å². The van der Waals surface area contributed by atoms with Crippen LogP contribution in [0.1, 0.15) is 20.7 Å². The number of carbonyl (C=O) groups is 2. The van der Waals surface area contributed by atoms with Crippen molar-refractivity contribution in [3.63, 3.8) is 0 Å². The van der Waals surface area contributed by atoms with Crippen LogP contribution >= 0.6 is 66.7 Å². The molecule has 0 atom stereocenters. The topological polar surface area (TPSA) is 176 Å². The van der Waals surface area contributed by atoms with Crippen LogP contribution in [0.15, 0.2) is 57.7 Å². The Kier molecular flexibility index (Phi) is 12.2. The minimum Gasteiger partial charge on any atom is -0.398 e. The number of benzene rings is 2. The Hall–Kier alpha value is -3.17. The number of halogens is 7. The van der Waals surface area contributed by atoms with Gasteiger partial charge in [0.2, 0.25) is 10.6 Å². The predicted octanol–water partition coefficient (Wildman–Crippen LogP) is 5.93. The number of primary amides is 2. The molecule has 2 amide bonds. The molecule has 4 rings (SSSR count). The molecule has 0 aliphatic rings. The summed E-state index contributed by atoms with van der Waals surface area (Å²) in [6.45, 7) is 0. The summed E-state index contributed by atoms with van der Waals surface area (Å²) < 4.78 is 27.4. The van der Waals surface area contributed by atoms with Gasteiger partial charge in [0, 0.05) is 18.1 Å². The first-order chi connectivity index (χ1) is 18.3. The molecule has 39 heavy (non-hydrogen) atoms. The average Bonchev–Trinajstić information content (AvgIpc) is 2.84. The zero-order valence-electron chi connectivity index (χ0n) is 19.1. The van der Waals surface area contributed by atoms with Crippen molar-refractivity contribution < 1.29 is 18.4 Å². The molecule has 204 valence electrons. The number of rotatable bonds is 4. The minimum atomic E-state index is -0.878. The number of amides is 2. The number of nitrogen functional groups attached to an aromatic ring is 1. The van der Waals surface area contributed by atoms with E-state index in [-0.39, 0.29) is 33.1 Å². The number of hydrogen-bond donors (Lipinski definition) is 4. The molecule has 0 bridgehead atoms. The largest absolute Gasteiger partial charge is 0.398 e. The third kappa shape index (κ3) is 9.51. The number of nitrogens with two attached hydrogens (primary N) is 3. The first-order valence-electron chi connectivity index (χ1n) is 10.0. The van der Waals surface area contributed by atoms with Crippen LogP contribution in [0.2, 0.25) is 15.7 Å². The zero-order valence-corrected chi connectivity index (χ0v) is 24.5. The molecule has 17 heteroatoms. The van der Waals surface area contributed by atoms with E-state index in [1.165, 1.54) is 36.7 Å². The predicted molar refractivity (Wildman–Crippen MR) is 152 cm³/mol. The monoisotopic (exact) mass is 724 g/mol. The highest BCUT2D eigenvalue weighted by Gasteiger charge is 2.15. The number of hydrogen-bond acceptors (Lipinski definition) is 8. The molecular weight excluding hydrogens is 712 g/mol. The summed E-state index contributed by atoms with van der Waals surface area (Å²) in [6.07, 6.45) is 2.93. The number of nitrogens with zero attached hydrogens (tertiary/aromatic N) is 4. The lowest BCUT2D eigenvalue weighted by Gasteiger charge is -2.11. The molecule has 2 aromatic heterocycles. The fourth-order valence-electron chi connectivity index (χ4n) is 2.57. The SMILES string of the molecule is Clc1ncc(Br)c(Cl)n1.NC(=O)c1c(F)cccc1Nc1nc(Cl)ncc1Br.NC(=O)c1c(N)cccc1F. The molecule has 0 unspecified atom stereocenters. The van der Waals surface area contributed by atoms with Crippen LogP contribution in [0.5, 0.6) is 0 Å². The maximum atomic E-state index is 13.6. The van der Waals surface area contributed by atoms with E-state index in [4.69, 9.17) is 52.0 Å². The number of carbonyl (C=O) groups excluding carboxylic acids is 2. The highest BCUT2D eigenvalue weighted by atomic mass is 79.9. The summed E-state index contributed by atoms with van der Waals surface area (Å²) in [6, 6.07) is 8.07. The van der Waals surface area contributed by atoms with Gasteiger partial charge in [0.25, 0.3) is 11.8 Å². The van der Waals surface area contributed by atoms with E-state index >= 15 is 0 Å². The van der Waals surface area contributed by atoms with Crippen LogP contribution in [0.4, 0.5) is 26.0 Å². The van der Waals surface area contributed by atoms with E-state index in [1.54, 1.807) is 0 Å². The third-order valence-corrected chi connectivity index (χ3v) is 6.23. The lowest BCUT2D eigenvalue weighted by atomic mass is 10.1. The normalized spacial score (nSPS) is 9.92. The van der Waals surface area contributed by atoms with Crippen molar-refractivity contribution in [3.8, 4) is 0 Å². The molecular formula is C22H15Br2Cl3F2N8O2. The molecule has 4 aromatic rings. The molecule has 0 saturated carbocycles. The zero-order chi connectivity index (χ0) is 29.3. The van der Waals surface area contributed by atoms with Crippen molar-refractivity contribution in [2.24, 2.45) is 11.5 Å². The van der Waals surface area contributed by atoms with E-state index in [0.29, 0.717) is 19.9 Å². The first kappa shape index (κ1) is 32.0. The van der Waals surface area contributed by atoms with E-state index < -0.39 is 23.4 Å². The second-order valence-electron chi connectivity index (χ2n) is 6.83. The van der Waals surface area contributed by atoms with E-state index in [2.05, 4.69) is 57.1 Å². The fraction of sp³-hybridized carbons (Fsp3) is 0. The summed E-state index contributed by atoms with van der Waals surface area (Å²) in [4.78, 5) is 36.8. The van der Waals surface area contributed by atoms with Crippen LogP contribution in [-0.2, 0) is 0 Å². The van der Waals surface area contributed by atoms with Gasteiger partial charge in [0.05, 0.1) is 25.8 Å². The quantitative estimate of drug-likeness (QED) is 0.114. The van der Waals surface area contributed by atoms with Gasteiger partial charge < -0.3 is 22.5 Å². The molecule has 0 spiro atoms. The van der Waals surface area contributed by atoms with Crippen LogP contribution < -0.4 is 22.5 Å². The highest BCUT2D eigenvalue weighted by molar-refractivity contribution is 9.11. The standard InChI is InChI=1S/C11H7BrClFN4O.C7H7FN2O.C4HBrCl2N2/c12-5-4-16-11(13)18-10(5)17-7-3-1-2-6(14)8(7)9(15)19;8-4-2-1-3-5(9)6(4)7(10)11;5-2-1-8-4(7)9-3(2)6/h1-4H,(H2,15,19)(H,16,17,18);1-3H,9H2,(H2,10,11);1H. The van der Waals surface area contributed by atoms with E-state index in [0.717, 1.165) is 12.1 Å². The van der Waals surface area contributed by atoms with Crippen molar-refractivity contribution in [1.29, 1.82) is 0 Å². The van der Waals surface area contributed by atoms with Crippen molar-refractivity contribution in [2.45, 2.75) is 0 Å². The summed E-state index contributed by atoms with van der Waals surface area (Å²) in [5.41, 5.74) is 15.1. The molecule has 0 aliphatic carbocycles. The first-order valence-corrected chi connectivity index (χ1v) is 12.7. The van der Waals surface area contributed by atoms with Crippen molar-refractivity contribution in [2.75, 3.05) is 11.1 Å². The Morgan fingerprint density at radius 1 is 0.795 bits per heavy atom. The van der Waals surface area contributed by atoms with Gasteiger partial charge in [0.15, 0.2) is 0 Å². The molecule has 2 heterocycles.